The van der Waals surface area contributed by atoms with Gasteiger partial charge in [-0.05, 0) is 54.6 Å². The Hall–Kier alpha value is -9.02. The van der Waals surface area contributed by atoms with Gasteiger partial charge in [0.25, 0.3) is 17.1 Å². The van der Waals surface area contributed by atoms with Gasteiger partial charge in [0.1, 0.15) is 17.2 Å². The van der Waals surface area contributed by atoms with Crippen molar-refractivity contribution >= 4 is 86.4 Å². The maximum atomic E-state index is 12.4. The second-order valence-corrected chi connectivity index (χ2v) is 15.1. The Morgan fingerprint density at radius 3 is 1.12 bits per heavy atom. The number of aromatic amines is 1. The third-order valence-electron chi connectivity index (χ3n) is 8.28. The number of rotatable bonds is 7. The van der Waals surface area contributed by atoms with Crippen molar-refractivity contribution in [2.45, 2.75) is 0 Å². The molecule has 5 N–H and O–H groups in total. The van der Waals surface area contributed by atoms with Gasteiger partial charge < -0.3 is 11.5 Å². The molecule has 0 aliphatic carbocycles. The van der Waals surface area contributed by atoms with Crippen molar-refractivity contribution < 1.29 is 19.2 Å². The maximum Gasteiger partial charge on any atom is 0.271 e. The summed E-state index contributed by atoms with van der Waals surface area (Å²) in [6, 6.07) is 21.7. The number of nitrogens with one attached hydrogen (secondary N) is 1. The van der Waals surface area contributed by atoms with Gasteiger partial charge in [-0.25, -0.2) is 13.8 Å². The van der Waals surface area contributed by atoms with Gasteiger partial charge in [-0.3, -0.25) is 30.3 Å². The maximum absolute atomic E-state index is 12.4. The van der Waals surface area contributed by atoms with Gasteiger partial charge in [-0.1, -0.05) is 68.4 Å². The van der Waals surface area contributed by atoms with Crippen molar-refractivity contribution in [2.24, 2.45) is 0 Å². The van der Waals surface area contributed by atoms with E-state index in [0.717, 1.165) is 29.6 Å². The van der Waals surface area contributed by atoms with Gasteiger partial charge in [0.15, 0.2) is 0 Å². The summed E-state index contributed by atoms with van der Waals surface area (Å²) in [5.41, 5.74) is 14.6. The van der Waals surface area contributed by atoms with Gasteiger partial charge in [-0.15, -0.1) is 10.2 Å². The molecule has 0 unspecified atom stereocenters. The Morgan fingerprint density at radius 1 is 0.458 bits per heavy atom. The zero-order chi connectivity index (χ0) is 52.2. The number of anilines is 2. The predicted molar refractivity (Wildman–Crippen MR) is 262 cm³/mol. The summed E-state index contributed by atoms with van der Waals surface area (Å²) in [7, 11) is 0. The SMILES string of the molecule is Nc1ccc(-n2ccnn2)c(Cl)c1.Nc1ccc(-n2nccn2)c(Cl)c1.O=[N+]([O-])c1ccc(-n2ccnn2)c(Cl)c1.O=[N+]([O-])c1ccc(-n2nccn2)c(Cl)c1.O=[N+]([O-])c1ccc(F)c(Cl)c1.c1cn[nH]n1. The minimum Gasteiger partial charge on any atom is -0.399 e. The van der Waals surface area contributed by atoms with E-state index in [1.165, 1.54) is 69.3 Å². The molecule has 0 saturated carbocycles. The summed E-state index contributed by atoms with van der Waals surface area (Å²) in [5.74, 6) is -0.655. The standard InChI is InChI=1S/2C8H5ClN4O2.2C8H7ClN4.C6H3ClFNO2.C2H3N3/c9-7-5-6(13(14)15)1-2-8(7)12-4-3-10-11-12;9-7-5-6(13(14)15)1-2-8(7)12-10-3-4-11-12;9-7-5-6(10)1-2-8(7)13-4-3-11-12-13;9-7-5-6(10)1-2-8(7)13-11-3-4-12-13;7-5-3-4(9(10)11)1-2-6(5)8;1-2-4-5-3-1/h2*1-5H;2*1-5H,10H2;1-3H;1-2H,(H,3,4,5). The highest BCUT2D eigenvalue weighted by Gasteiger charge is 2.13. The van der Waals surface area contributed by atoms with E-state index < -0.39 is 20.6 Å². The topological polar surface area (TPSA) is 346 Å². The fourth-order valence-corrected chi connectivity index (χ4v) is 6.31. The molecule has 0 bridgehead atoms. The van der Waals surface area contributed by atoms with E-state index in [0.29, 0.717) is 32.8 Å². The number of hydrogen-bond donors (Lipinski definition) is 3. The molecule has 0 aliphatic rings. The number of nitrogens with two attached hydrogens (primary N) is 2. The van der Waals surface area contributed by atoms with Crippen LogP contribution in [-0.4, -0.2) is 90.2 Å². The van der Waals surface area contributed by atoms with Gasteiger partial charge in [0, 0.05) is 47.8 Å². The van der Waals surface area contributed by atoms with Crippen LogP contribution in [0.4, 0.5) is 32.8 Å². The second kappa shape index (κ2) is 26.7. The lowest BCUT2D eigenvalue weighted by atomic mass is 10.3. The third kappa shape index (κ3) is 16.0. The zero-order valence-corrected chi connectivity index (χ0v) is 39.7. The first-order valence-corrected chi connectivity index (χ1v) is 21.2. The van der Waals surface area contributed by atoms with Crippen LogP contribution in [0.1, 0.15) is 0 Å². The molecule has 26 nitrogen and oxygen atoms in total. The number of nitrogen functional groups attached to an aromatic ring is 2. The Kier molecular flexibility index (Phi) is 20.0. The minimum atomic E-state index is -0.655. The van der Waals surface area contributed by atoms with Crippen LogP contribution >= 0.6 is 58.0 Å². The van der Waals surface area contributed by atoms with Crippen molar-refractivity contribution in [2.75, 3.05) is 11.5 Å². The summed E-state index contributed by atoms with van der Waals surface area (Å²) in [5, 5.41) is 72.2. The molecule has 0 amide bonds. The van der Waals surface area contributed by atoms with Crippen LogP contribution in [0.25, 0.3) is 22.7 Å². The minimum absolute atomic E-state index is 0.0520. The summed E-state index contributed by atoms with van der Waals surface area (Å²) in [6.07, 6.45) is 15.8. The van der Waals surface area contributed by atoms with Gasteiger partial charge in [-0.2, -0.15) is 45.4 Å². The fraction of sp³-hybridized carbons (Fsp3) is 0. The molecule has 5 aromatic heterocycles. The largest absolute Gasteiger partial charge is 0.399 e. The van der Waals surface area contributed by atoms with Crippen molar-refractivity contribution in [1.29, 1.82) is 0 Å². The molecule has 0 saturated heterocycles. The lowest BCUT2D eigenvalue weighted by Gasteiger charge is -2.03. The number of nitro groups is 3. The highest BCUT2D eigenvalue weighted by atomic mass is 35.5. The molecule has 10 aromatic rings. The molecule has 0 radical (unpaired) electrons. The number of aromatic nitrogens is 15. The molecule has 0 spiro atoms. The quantitative estimate of drug-likeness (QED) is 0.0761. The Labute approximate surface area is 427 Å². The molecule has 0 atom stereocenters. The van der Waals surface area contributed by atoms with Crippen LogP contribution < -0.4 is 11.5 Å². The third-order valence-corrected chi connectivity index (χ3v) is 9.78. The highest BCUT2D eigenvalue weighted by molar-refractivity contribution is 6.33. The molecular formula is C40H30Cl5FN20O6. The van der Waals surface area contributed by atoms with Crippen LogP contribution in [0.2, 0.25) is 25.1 Å². The van der Waals surface area contributed by atoms with Crippen LogP contribution in [0.3, 0.4) is 0 Å². The van der Waals surface area contributed by atoms with Crippen molar-refractivity contribution in [3.8, 4) is 22.7 Å². The number of hydrogen-bond acceptors (Lipinski definition) is 18. The van der Waals surface area contributed by atoms with Crippen molar-refractivity contribution in [1.82, 2.24) is 75.4 Å². The first kappa shape index (κ1) is 53.9. The number of benzene rings is 5. The van der Waals surface area contributed by atoms with Gasteiger partial charge >= 0.3 is 0 Å². The van der Waals surface area contributed by atoms with E-state index in [4.69, 9.17) is 69.5 Å². The van der Waals surface area contributed by atoms with E-state index in [2.05, 4.69) is 56.4 Å². The average molecular weight is 1080 g/mol. The van der Waals surface area contributed by atoms with Crippen LogP contribution in [0.5, 0.6) is 0 Å². The summed E-state index contributed by atoms with van der Waals surface area (Å²) in [6.45, 7) is 0. The second-order valence-electron chi connectivity index (χ2n) is 13.1. The summed E-state index contributed by atoms with van der Waals surface area (Å²) >= 11 is 28.9. The van der Waals surface area contributed by atoms with Gasteiger partial charge in [0.05, 0.1) is 113 Å². The molecule has 0 aliphatic heterocycles. The van der Waals surface area contributed by atoms with Crippen LogP contribution in [-0.2, 0) is 0 Å². The number of nitro benzene ring substituents is 3. The number of nitrogens with zero attached hydrogens (tertiary/aromatic N) is 17. The van der Waals surface area contributed by atoms with E-state index in [1.807, 2.05) is 0 Å². The zero-order valence-electron chi connectivity index (χ0n) is 35.9. The first-order valence-electron chi connectivity index (χ1n) is 19.4. The normalized spacial score (nSPS) is 9.97. The molecule has 72 heavy (non-hydrogen) atoms. The van der Waals surface area contributed by atoms with Crippen LogP contribution in [0.15, 0.2) is 153 Å². The van der Waals surface area contributed by atoms with Crippen molar-refractivity contribution in [3.63, 3.8) is 0 Å². The van der Waals surface area contributed by atoms with E-state index in [9.17, 15) is 34.7 Å². The lowest BCUT2D eigenvalue weighted by molar-refractivity contribution is -0.385. The molecule has 0 fully saturated rings. The Bertz CT molecular complexity index is 3110. The molecule has 368 valence electrons. The highest BCUT2D eigenvalue weighted by Crippen LogP contribution is 2.27. The van der Waals surface area contributed by atoms with Crippen LogP contribution in [0, 0.1) is 36.2 Å². The summed E-state index contributed by atoms with van der Waals surface area (Å²) < 4.78 is 15.4. The number of non-ortho nitro benzene ring substituents is 3. The summed E-state index contributed by atoms with van der Waals surface area (Å²) in [4.78, 5) is 32.1. The molecule has 5 heterocycles. The molecule has 10 rings (SSSR count). The first-order chi connectivity index (χ1) is 34.5. The average Bonchev–Trinajstić information content (AvgIpc) is 4.22. The molecule has 32 heteroatoms. The molecule has 5 aromatic carbocycles. The van der Waals surface area contributed by atoms with E-state index >= 15 is 0 Å². The number of halogens is 6. The smallest absolute Gasteiger partial charge is 0.271 e. The van der Waals surface area contributed by atoms with Crippen molar-refractivity contribution in [3.05, 3.63) is 214 Å². The Balaban J connectivity index is 0.000000164. The van der Waals surface area contributed by atoms with E-state index in [-0.39, 0.29) is 32.1 Å². The Morgan fingerprint density at radius 2 is 0.806 bits per heavy atom. The van der Waals surface area contributed by atoms with E-state index in [1.54, 1.807) is 84.5 Å². The molecular weight excluding hydrogens is 1050 g/mol. The monoisotopic (exact) mass is 1080 g/mol. The predicted octanol–water partition coefficient (Wildman–Crippen LogP) is 8.86. The number of H-pyrrole nitrogens is 1. The van der Waals surface area contributed by atoms with Gasteiger partial charge in [0.2, 0.25) is 0 Å². The fourth-order valence-electron chi connectivity index (χ4n) is 5.08. The lowest BCUT2D eigenvalue weighted by Crippen LogP contribution is -1.99.